The monoisotopic (exact) mass is 240 g/mol. The molecule has 2 fully saturated rings. The van der Waals surface area contributed by atoms with Crippen molar-refractivity contribution in [3.05, 3.63) is 41.0 Å². The van der Waals surface area contributed by atoms with Crippen LogP contribution in [-0.4, -0.2) is 5.78 Å². The van der Waals surface area contributed by atoms with E-state index < -0.39 is 0 Å². The molecule has 1 nitrogen and oxygen atoms in total. The quantitative estimate of drug-likeness (QED) is 0.678. The van der Waals surface area contributed by atoms with Crippen molar-refractivity contribution in [2.24, 2.45) is 17.3 Å². The van der Waals surface area contributed by atoms with Gasteiger partial charge in [-0.1, -0.05) is 43.7 Å². The Kier molecular flexibility index (Phi) is 2.48. The first kappa shape index (κ1) is 11.7. The number of benzene rings is 1. The average Bonchev–Trinajstić information content (AvgIpc) is 2.68. The van der Waals surface area contributed by atoms with E-state index in [9.17, 15) is 4.79 Å². The van der Waals surface area contributed by atoms with Crippen LogP contribution in [0.25, 0.3) is 6.08 Å². The summed E-state index contributed by atoms with van der Waals surface area (Å²) in [6.45, 7) is 6.60. The fraction of sp³-hybridized carbons (Fsp3) is 0.471. The largest absolute Gasteiger partial charge is 0.294 e. The Bertz CT molecular complexity index is 536. The van der Waals surface area contributed by atoms with Crippen LogP contribution in [0.5, 0.6) is 0 Å². The molecule has 2 aliphatic carbocycles. The standard InChI is InChI=1S/C17H20O/c1-11-5-4-6-12(9-11)10-13-14-7-8-15(16(13)18)17(14,2)3/h4-6,9-10,14-15H,7-8H2,1-3H3/b13-10+. The smallest absolute Gasteiger partial charge is 0.162 e. The van der Waals surface area contributed by atoms with E-state index in [0.717, 1.165) is 12.0 Å². The van der Waals surface area contributed by atoms with E-state index in [1.54, 1.807) is 0 Å². The number of aryl methyl sites for hydroxylation is 1. The van der Waals surface area contributed by atoms with Crippen LogP contribution in [0, 0.1) is 24.2 Å². The van der Waals surface area contributed by atoms with E-state index in [0.29, 0.717) is 11.7 Å². The van der Waals surface area contributed by atoms with Crippen molar-refractivity contribution in [3.8, 4) is 0 Å². The maximum absolute atomic E-state index is 12.4. The van der Waals surface area contributed by atoms with Crippen LogP contribution >= 0.6 is 0 Å². The Balaban J connectivity index is 2.01. The first-order valence-electron chi connectivity index (χ1n) is 6.82. The zero-order chi connectivity index (χ0) is 12.9. The second kappa shape index (κ2) is 3.81. The Morgan fingerprint density at radius 3 is 2.56 bits per heavy atom. The van der Waals surface area contributed by atoms with Gasteiger partial charge in [-0.3, -0.25) is 4.79 Å². The maximum Gasteiger partial charge on any atom is 0.162 e. The maximum atomic E-state index is 12.4. The molecule has 2 saturated carbocycles. The van der Waals surface area contributed by atoms with Crippen LogP contribution in [0.1, 0.15) is 37.8 Å². The second-order valence-electron chi connectivity index (χ2n) is 6.38. The molecule has 2 unspecified atom stereocenters. The molecule has 0 saturated heterocycles. The van der Waals surface area contributed by atoms with Crippen LogP contribution in [0.15, 0.2) is 29.8 Å². The van der Waals surface area contributed by atoms with Crippen molar-refractivity contribution in [2.45, 2.75) is 33.6 Å². The highest BCUT2D eigenvalue weighted by molar-refractivity contribution is 6.05. The molecule has 2 bridgehead atoms. The van der Waals surface area contributed by atoms with Gasteiger partial charge in [0.2, 0.25) is 0 Å². The lowest BCUT2D eigenvalue weighted by Crippen LogP contribution is -2.19. The number of hydrogen-bond acceptors (Lipinski definition) is 1. The van der Waals surface area contributed by atoms with Gasteiger partial charge in [0.25, 0.3) is 0 Å². The summed E-state index contributed by atoms with van der Waals surface area (Å²) in [4.78, 5) is 12.4. The van der Waals surface area contributed by atoms with Crippen molar-refractivity contribution < 1.29 is 4.79 Å². The molecule has 2 atom stereocenters. The van der Waals surface area contributed by atoms with E-state index in [1.807, 2.05) is 0 Å². The molecular weight excluding hydrogens is 220 g/mol. The number of rotatable bonds is 1. The number of carbonyl (C=O) groups is 1. The Labute approximate surface area is 109 Å². The third kappa shape index (κ3) is 1.57. The highest BCUT2D eigenvalue weighted by Crippen LogP contribution is 2.58. The van der Waals surface area contributed by atoms with E-state index in [1.165, 1.54) is 17.5 Å². The van der Waals surface area contributed by atoms with Gasteiger partial charge in [0.15, 0.2) is 5.78 Å². The molecule has 0 heterocycles. The van der Waals surface area contributed by atoms with Gasteiger partial charge in [-0.05, 0) is 48.3 Å². The number of allylic oxidation sites excluding steroid dienone is 1. The molecule has 0 aromatic heterocycles. The topological polar surface area (TPSA) is 17.1 Å². The zero-order valence-electron chi connectivity index (χ0n) is 11.4. The summed E-state index contributed by atoms with van der Waals surface area (Å²) in [6, 6.07) is 8.39. The van der Waals surface area contributed by atoms with E-state index in [2.05, 4.69) is 51.1 Å². The van der Waals surface area contributed by atoms with Crippen LogP contribution in [0.2, 0.25) is 0 Å². The summed E-state index contributed by atoms with van der Waals surface area (Å²) in [5.74, 6) is 1.13. The Morgan fingerprint density at radius 1 is 1.22 bits per heavy atom. The van der Waals surface area contributed by atoms with E-state index in [-0.39, 0.29) is 11.3 Å². The first-order chi connectivity index (χ1) is 8.50. The molecule has 0 spiro atoms. The summed E-state index contributed by atoms with van der Waals surface area (Å²) in [5, 5.41) is 0. The molecule has 0 amide bonds. The molecular formula is C17H20O. The molecule has 1 aromatic carbocycles. The third-order valence-electron chi connectivity index (χ3n) is 4.88. The van der Waals surface area contributed by atoms with Crippen molar-refractivity contribution in [3.63, 3.8) is 0 Å². The molecule has 3 rings (SSSR count). The average molecular weight is 240 g/mol. The predicted molar refractivity (Wildman–Crippen MR) is 74.2 cm³/mol. The summed E-state index contributed by atoms with van der Waals surface area (Å²) in [5.41, 5.74) is 3.66. The van der Waals surface area contributed by atoms with Crippen LogP contribution in [-0.2, 0) is 4.79 Å². The number of carbonyl (C=O) groups excluding carboxylic acids is 1. The summed E-state index contributed by atoms with van der Waals surface area (Å²) in [6.07, 6.45) is 4.39. The van der Waals surface area contributed by atoms with Crippen LogP contribution < -0.4 is 0 Å². The van der Waals surface area contributed by atoms with E-state index >= 15 is 0 Å². The van der Waals surface area contributed by atoms with Gasteiger partial charge < -0.3 is 0 Å². The van der Waals surface area contributed by atoms with Gasteiger partial charge in [-0.2, -0.15) is 0 Å². The lowest BCUT2D eigenvalue weighted by molar-refractivity contribution is -0.119. The van der Waals surface area contributed by atoms with E-state index in [4.69, 9.17) is 0 Å². The number of hydrogen-bond donors (Lipinski definition) is 0. The molecule has 94 valence electrons. The molecule has 1 heteroatoms. The second-order valence-corrected chi connectivity index (χ2v) is 6.38. The third-order valence-corrected chi connectivity index (χ3v) is 4.88. The molecule has 18 heavy (non-hydrogen) atoms. The fourth-order valence-corrected chi connectivity index (χ4v) is 3.83. The minimum Gasteiger partial charge on any atom is -0.294 e. The zero-order valence-corrected chi connectivity index (χ0v) is 11.4. The van der Waals surface area contributed by atoms with Gasteiger partial charge >= 0.3 is 0 Å². The van der Waals surface area contributed by atoms with Crippen molar-refractivity contribution >= 4 is 11.9 Å². The Hall–Kier alpha value is -1.37. The summed E-state index contributed by atoms with van der Waals surface area (Å²) >= 11 is 0. The Morgan fingerprint density at radius 2 is 1.94 bits per heavy atom. The molecule has 2 aliphatic rings. The molecule has 0 N–H and O–H groups in total. The van der Waals surface area contributed by atoms with Crippen molar-refractivity contribution in [2.75, 3.05) is 0 Å². The van der Waals surface area contributed by atoms with Crippen molar-refractivity contribution in [1.82, 2.24) is 0 Å². The van der Waals surface area contributed by atoms with Crippen LogP contribution in [0.4, 0.5) is 0 Å². The van der Waals surface area contributed by atoms with Crippen LogP contribution in [0.3, 0.4) is 0 Å². The van der Waals surface area contributed by atoms with Gasteiger partial charge in [0, 0.05) is 5.92 Å². The van der Waals surface area contributed by atoms with Gasteiger partial charge in [0.05, 0.1) is 0 Å². The molecule has 1 aromatic rings. The summed E-state index contributed by atoms with van der Waals surface area (Å²) < 4.78 is 0. The number of ketones is 1. The predicted octanol–water partition coefficient (Wildman–Crippen LogP) is 4.01. The van der Waals surface area contributed by atoms with Gasteiger partial charge in [-0.25, -0.2) is 0 Å². The minimum atomic E-state index is 0.173. The lowest BCUT2D eigenvalue weighted by Gasteiger charge is -2.22. The normalized spacial score (nSPS) is 31.3. The SMILES string of the molecule is Cc1cccc(/C=C2/C(=O)C3CCC2C3(C)C)c1. The first-order valence-corrected chi connectivity index (χ1v) is 6.82. The molecule has 0 aliphatic heterocycles. The van der Waals surface area contributed by atoms with Crippen molar-refractivity contribution in [1.29, 1.82) is 0 Å². The highest BCUT2D eigenvalue weighted by Gasteiger charge is 2.55. The lowest BCUT2D eigenvalue weighted by atomic mass is 9.81. The fourth-order valence-electron chi connectivity index (χ4n) is 3.83. The minimum absolute atomic E-state index is 0.173. The summed E-state index contributed by atoms with van der Waals surface area (Å²) in [7, 11) is 0. The number of Topliss-reactive ketones (excluding diaryl/α,β-unsaturated/α-hetero) is 1. The van der Waals surface area contributed by atoms with Gasteiger partial charge in [0.1, 0.15) is 0 Å². The van der Waals surface area contributed by atoms with Gasteiger partial charge in [-0.15, -0.1) is 0 Å². The highest BCUT2D eigenvalue weighted by atomic mass is 16.1. The molecule has 0 radical (unpaired) electrons. The number of fused-ring (bicyclic) bond motifs is 2.